The minimum Gasteiger partial charge on any atom is -0.490 e. The van der Waals surface area contributed by atoms with Gasteiger partial charge < -0.3 is 9.47 Å². The van der Waals surface area contributed by atoms with Gasteiger partial charge in [0.15, 0.2) is 11.5 Å². The van der Waals surface area contributed by atoms with E-state index in [0.717, 1.165) is 43.1 Å². The molecule has 0 unspecified atom stereocenters. The summed E-state index contributed by atoms with van der Waals surface area (Å²) >= 11 is 0. The van der Waals surface area contributed by atoms with Crippen LogP contribution in [0.2, 0.25) is 0 Å². The first kappa shape index (κ1) is 39.7. The molecule has 0 amide bonds. The predicted octanol–water partition coefficient (Wildman–Crippen LogP) is 15.2. The highest BCUT2D eigenvalue weighted by molar-refractivity contribution is 5.76. The molecule has 0 aliphatic rings. The summed E-state index contributed by atoms with van der Waals surface area (Å²) in [5.74, 6) is 1.80. The number of rotatable bonds is 30. The first-order valence-electron chi connectivity index (χ1n) is 20.4. The van der Waals surface area contributed by atoms with Gasteiger partial charge >= 0.3 is 0 Å². The second kappa shape index (κ2) is 27.1. The lowest BCUT2D eigenvalue weighted by atomic mass is 9.99. The van der Waals surface area contributed by atoms with E-state index in [2.05, 4.69) is 86.6 Å². The third-order valence-electron chi connectivity index (χ3n) is 9.78. The molecule has 0 aliphatic heterocycles. The second-order valence-corrected chi connectivity index (χ2v) is 14.1. The second-order valence-electron chi connectivity index (χ2n) is 14.1. The smallest absolute Gasteiger partial charge is 0.168 e. The summed E-state index contributed by atoms with van der Waals surface area (Å²) in [6.07, 6.45) is 32.4. The van der Waals surface area contributed by atoms with Crippen LogP contribution in [0.1, 0.15) is 168 Å². The molecule has 2 heteroatoms. The van der Waals surface area contributed by atoms with Crippen LogP contribution in [0.5, 0.6) is 11.5 Å². The van der Waals surface area contributed by atoms with Gasteiger partial charge in [0.1, 0.15) is 0 Å². The molecular weight excluding hydrogens is 585 g/mol. The van der Waals surface area contributed by atoms with Gasteiger partial charge in [-0.2, -0.15) is 0 Å². The standard InChI is InChI=1S/C46H70O2/c1-3-5-7-9-11-13-15-17-19-21-23-28-39-47-45-34-30-33-44(43-37-35-42(36-38-43)41-31-26-25-27-32-41)46(45)48-40-29-24-22-20-18-16-14-12-10-8-6-4-2/h25-27,30-38H,3-24,28-29,39-40H2,1-2H3. The van der Waals surface area contributed by atoms with Gasteiger partial charge in [0.05, 0.1) is 13.2 Å². The quantitative estimate of drug-likeness (QED) is 0.0666. The summed E-state index contributed by atoms with van der Waals surface area (Å²) in [5.41, 5.74) is 4.78. The van der Waals surface area contributed by atoms with Crippen LogP contribution in [-0.2, 0) is 0 Å². The molecule has 0 N–H and O–H groups in total. The molecule has 0 aromatic heterocycles. The topological polar surface area (TPSA) is 18.5 Å². The predicted molar refractivity (Wildman–Crippen MR) is 210 cm³/mol. The van der Waals surface area contributed by atoms with Crippen LogP contribution in [0.25, 0.3) is 22.3 Å². The van der Waals surface area contributed by atoms with Crippen molar-refractivity contribution in [3.05, 3.63) is 72.8 Å². The van der Waals surface area contributed by atoms with E-state index in [1.165, 1.54) is 158 Å². The van der Waals surface area contributed by atoms with Gasteiger partial charge in [-0.25, -0.2) is 0 Å². The SMILES string of the molecule is CCCCCCCCCCCCCCOc1cccc(-c2ccc(-c3ccccc3)cc2)c1OCCCCCCCCCCCCCC. The molecule has 0 atom stereocenters. The maximum absolute atomic E-state index is 6.57. The fourth-order valence-corrected chi connectivity index (χ4v) is 6.72. The lowest BCUT2D eigenvalue weighted by Gasteiger charge is -2.17. The Morgan fingerprint density at radius 3 is 1.21 bits per heavy atom. The van der Waals surface area contributed by atoms with Crippen molar-refractivity contribution in [1.82, 2.24) is 0 Å². The van der Waals surface area contributed by atoms with E-state index in [0.29, 0.717) is 0 Å². The van der Waals surface area contributed by atoms with Gasteiger partial charge in [-0.05, 0) is 35.6 Å². The maximum atomic E-state index is 6.57. The van der Waals surface area contributed by atoms with Gasteiger partial charge in [0, 0.05) is 5.56 Å². The number of para-hydroxylation sites is 1. The van der Waals surface area contributed by atoms with E-state index in [1.807, 2.05) is 0 Å². The van der Waals surface area contributed by atoms with Gasteiger partial charge in [-0.1, -0.05) is 222 Å². The Labute approximate surface area is 296 Å². The molecule has 0 aliphatic carbocycles. The van der Waals surface area contributed by atoms with Crippen LogP contribution >= 0.6 is 0 Å². The Kier molecular flexibility index (Phi) is 22.4. The zero-order chi connectivity index (χ0) is 33.7. The third-order valence-corrected chi connectivity index (χ3v) is 9.78. The van der Waals surface area contributed by atoms with Gasteiger partial charge in [-0.3, -0.25) is 0 Å². The largest absolute Gasteiger partial charge is 0.490 e. The van der Waals surface area contributed by atoms with Crippen molar-refractivity contribution in [2.24, 2.45) is 0 Å². The average Bonchev–Trinajstić information content (AvgIpc) is 3.13. The van der Waals surface area contributed by atoms with E-state index in [4.69, 9.17) is 9.47 Å². The number of ether oxygens (including phenoxy) is 2. The van der Waals surface area contributed by atoms with E-state index in [-0.39, 0.29) is 0 Å². The van der Waals surface area contributed by atoms with Crippen LogP contribution in [0.3, 0.4) is 0 Å². The summed E-state index contributed by atoms with van der Waals surface area (Å²) in [6.45, 7) is 6.08. The Balaban J connectivity index is 1.44. The highest BCUT2D eigenvalue weighted by atomic mass is 16.5. The Morgan fingerprint density at radius 2 is 0.729 bits per heavy atom. The number of benzene rings is 3. The Bertz CT molecular complexity index is 1150. The molecule has 48 heavy (non-hydrogen) atoms. The number of hydrogen-bond acceptors (Lipinski definition) is 2. The monoisotopic (exact) mass is 655 g/mol. The molecule has 3 aromatic carbocycles. The Morgan fingerprint density at radius 1 is 0.333 bits per heavy atom. The first-order chi connectivity index (χ1) is 23.8. The van der Waals surface area contributed by atoms with Crippen LogP contribution in [0, 0.1) is 0 Å². The van der Waals surface area contributed by atoms with Crippen LogP contribution in [0.4, 0.5) is 0 Å². The Hall–Kier alpha value is -2.74. The molecule has 0 bridgehead atoms. The van der Waals surface area contributed by atoms with Crippen molar-refractivity contribution >= 4 is 0 Å². The van der Waals surface area contributed by atoms with Gasteiger partial charge in [0.2, 0.25) is 0 Å². The van der Waals surface area contributed by atoms with Crippen LogP contribution in [0.15, 0.2) is 72.8 Å². The van der Waals surface area contributed by atoms with E-state index < -0.39 is 0 Å². The van der Waals surface area contributed by atoms with Gasteiger partial charge in [-0.15, -0.1) is 0 Å². The number of unbranched alkanes of at least 4 members (excludes halogenated alkanes) is 22. The van der Waals surface area contributed by atoms with Crippen molar-refractivity contribution in [2.75, 3.05) is 13.2 Å². The molecule has 3 aromatic rings. The summed E-state index contributed by atoms with van der Waals surface area (Å²) in [6, 6.07) is 25.9. The first-order valence-corrected chi connectivity index (χ1v) is 20.4. The van der Waals surface area contributed by atoms with Crippen molar-refractivity contribution in [3.8, 4) is 33.8 Å². The zero-order valence-corrected chi connectivity index (χ0v) is 31.1. The lowest BCUT2D eigenvalue weighted by molar-refractivity contribution is 0.259. The molecular formula is C46H70O2. The van der Waals surface area contributed by atoms with E-state index >= 15 is 0 Å². The normalized spacial score (nSPS) is 11.2. The molecule has 266 valence electrons. The van der Waals surface area contributed by atoms with E-state index in [1.54, 1.807) is 0 Å². The molecule has 0 fully saturated rings. The molecule has 3 rings (SSSR count). The minimum absolute atomic E-state index is 0.742. The van der Waals surface area contributed by atoms with Gasteiger partial charge in [0.25, 0.3) is 0 Å². The summed E-state index contributed by atoms with van der Waals surface area (Å²) in [7, 11) is 0. The van der Waals surface area contributed by atoms with Crippen molar-refractivity contribution < 1.29 is 9.47 Å². The summed E-state index contributed by atoms with van der Waals surface area (Å²) in [4.78, 5) is 0. The van der Waals surface area contributed by atoms with Crippen LogP contribution < -0.4 is 9.47 Å². The lowest BCUT2D eigenvalue weighted by Crippen LogP contribution is -2.04. The fourth-order valence-electron chi connectivity index (χ4n) is 6.72. The fraction of sp³-hybridized carbons (Fsp3) is 0.609. The third kappa shape index (κ3) is 17.1. The van der Waals surface area contributed by atoms with E-state index in [9.17, 15) is 0 Å². The molecule has 0 saturated heterocycles. The van der Waals surface area contributed by atoms with Crippen molar-refractivity contribution in [1.29, 1.82) is 0 Å². The minimum atomic E-state index is 0.742. The summed E-state index contributed by atoms with van der Waals surface area (Å²) < 4.78 is 13.0. The van der Waals surface area contributed by atoms with Crippen molar-refractivity contribution in [3.63, 3.8) is 0 Å². The zero-order valence-electron chi connectivity index (χ0n) is 31.1. The molecule has 0 heterocycles. The molecule has 0 saturated carbocycles. The summed E-state index contributed by atoms with van der Waals surface area (Å²) in [5, 5.41) is 0. The highest BCUT2D eigenvalue weighted by Gasteiger charge is 2.14. The molecule has 2 nitrogen and oxygen atoms in total. The molecule has 0 radical (unpaired) electrons. The maximum Gasteiger partial charge on any atom is 0.168 e. The highest BCUT2D eigenvalue weighted by Crippen LogP contribution is 2.39. The van der Waals surface area contributed by atoms with Crippen molar-refractivity contribution in [2.45, 2.75) is 168 Å². The molecule has 0 spiro atoms. The average molecular weight is 655 g/mol. The van der Waals surface area contributed by atoms with Crippen LogP contribution in [-0.4, -0.2) is 13.2 Å². The number of hydrogen-bond donors (Lipinski definition) is 0.